The summed E-state index contributed by atoms with van der Waals surface area (Å²) in [4.78, 5) is 2.34. The number of halogens is 2. The van der Waals surface area contributed by atoms with Crippen molar-refractivity contribution in [2.24, 2.45) is 5.73 Å². The monoisotopic (exact) mass is 314 g/mol. The van der Waals surface area contributed by atoms with Gasteiger partial charge in [-0.2, -0.15) is 0 Å². The zero-order valence-electron chi connectivity index (χ0n) is 10.7. The maximum atomic E-state index is 13.9. The SMILES string of the molecule is CC(c1cc(Br)ccc1F)N1CCCCC1CN. The molecule has 0 amide bonds. The van der Waals surface area contributed by atoms with Crippen LogP contribution in [-0.4, -0.2) is 24.0 Å². The van der Waals surface area contributed by atoms with Crippen LogP contribution >= 0.6 is 15.9 Å². The Balaban J connectivity index is 2.23. The van der Waals surface area contributed by atoms with Gasteiger partial charge in [-0.3, -0.25) is 4.90 Å². The van der Waals surface area contributed by atoms with Crippen molar-refractivity contribution in [1.82, 2.24) is 4.90 Å². The Morgan fingerprint density at radius 1 is 1.50 bits per heavy atom. The van der Waals surface area contributed by atoms with Crippen molar-refractivity contribution in [2.45, 2.75) is 38.3 Å². The van der Waals surface area contributed by atoms with Crippen molar-refractivity contribution in [1.29, 1.82) is 0 Å². The molecule has 0 aliphatic carbocycles. The third-order valence-corrected chi connectivity index (χ3v) is 4.34. The Hall–Kier alpha value is -0.450. The fraction of sp³-hybridized carbons (Fsp3) is 0.571. The minimum absolute atomic E-state index is 0.0800. The van der Waals surface area contributed by atoms with Crippen molar-refractivity contribution in [3.05, 3.63) is 34.1 Å². The molecule has 1 aliphatic heterocycles. The van der Waals surface area contributed by atoms with Crippen LogP contribution in [0.3, 0.4) is 0 Å². The molecule has 4 heteroatoms. The second-order valence-corrected chi connectivity index (χ2v) is 5.88. The molecule has 100 valence electrons. The maximum absolute atomic E-state index is 13.9. The normalized spacial score (nSPS) is 23.0. The summed E-state index contributed by atoms with van der Waals surface area (Å²) < 4.78 is 14.9. The molecule has 0 saturated carbocycles. The van der Waals surface area contributed by atoms with Gasteiger partial charge in [-0.25, -0.2) is 4.39 Å². The predicted octanol–water partition coefficient (Wildman–Crippen LogP) is 3.46. The summed E-state index contributed by atoms with van der Waals surface area (Å²) in [5.74, 6) is -0.132. The van der Waals surface area contributed by atoms with Crippen LogP contribution in [0, 0.1) is 5.82 Å². The number of piperidine rings is 1. The van der Waals surface area contributed by atoms with Gasteiger partial charge in [0.1, 0.15) is 5.82 Å². The second-order valence-electron chi connectivity index (χ2n) is 4.96. The number of likely N-dealkylation sites (tertiary alicyclic amines) is 1. The molecular weight excluding hydrogens is 295 g/mol. The summed E-state index contributed by atoms with van der Waals surface area (Å²) in [6.45, 7) is 3.73. The maximum Gasteiger partial charge on any atom is 0.128 e. The van der Waals surface area contributed by atoms with Crippen LogP contribution in [0.25, 0.3) is 0 Å². The van der Waals surface area contributed by atoms with Crippen LogP contribution in [0.15, 0.2) is 22.7 Å². The molecule has 1 fully saturated rings. The van der Waals surface area contributed by atoms with E-state index >= 15 is 0 Å². The van der Waals surface area contributed by atoms with Gasteiger partial charge >= 0.3 is 0 Å². The second kappa shape index (κ2) is 6.13. The highest BCUT2D eigenvalue weighted by molar-refractivity contribution is 9.10. The third-order valence-electron chi connectivity index (χ3n) is 3.85. The third kappa shape index (κ3) is 2.92. The Labute approximate surface area is 116 Å². The lowest BCUT2D eigenvalue weighted by Crippen LogP contribution is -2.45. The van der Waals surface area contributed by atoms with E-state index in [4.69, 9.17) is 5.73 Å². The molecule has 1 heterocycles. The lowest BCUT2D eigenvalue weighted by Gasteiger charge is -2.39. The van der Waals surface area contributed by atoms with Crippen LogP contribution in [0.4, 0.5) is 4.39 Å². The smallest absolute Gasteiger partial charge is 0.128 e. The first-order chi connectivity index (χ1) is 8.63. The molecule has 1 aromatic carbocycles. The largest absolute Gasteiger partial charge is 0.329 e. The van der Waals surface area contributed by atoms with E-state index in [0.29, 0.717) is 12.6 Å². The predicted molar refractivity (Wildman–Crippen MR) is 75.9 cm³/mol. The summed E-state index contributed by atoms with van der Waals surface area (Å²) >= 11 is 3.41. The summed E-state index contributed by atoms with van der Waals surface area (Å²) in [6, 6.07) is 5.60. The first-order valence-corrected chi connectivity index (χ1v) is 7.33. The average Bonchev–Trinajstić information content (AvgIpc) is 2.40. The van der Waals surface area contributed by atoms with E-state index in [1.165, 1.54) is 18.9 Å². The molecule has 0 spiro atoms. The van der Waals surface area contributed by atoms with Gasteiger partial charge in [-0.15, -0.1) is 0 Å². The zero-order chi connectivity index (χ0) is 13.1. The number of rotatable bonds is 3. The first kappa shape index (κ1) is 14.0. The molecule has 2 N–H and O–H groups in total. The van der Waals surface area contributed by atoms with E-state index in [9.17, 15) is 4.39 Å². The van der Waals surface area contributed by atoms with Crippen molar-refractivity contribution in [3.63, 3.8) is 0 Å². The van der Waals surface area contributed by atoms with Gasteiger partial charge in [-0.1, -0.05) is 22.4 Å². The Kier molecular flexibility index (Phi) is 4.76. The highest BCUT2D eigenvalue weighted by atomic mass is 79.9. The van der Waals surface area contributed by atoms with Crippen molar-refractivity contribution < 1.29 is 4.39 Å². The molecule has 2 nitrogen and oxygen atoms in total. The van der Waals surface area contributed by atoms with Crippen molar-refractivity contribution in [3.8, 4) is 0 Å². The minimum Gasteiger partial charge on any atom is -0.329 e. The number of hydrogen-bond donors (Lipinski definition) is 1. The minimum atomic E-state index is -0.132. The lowest BCUT2D eigenvalue weighted by atomic mass is 9.97. The number of nitrogens with two attached hydrogens (primary N) is 1. The molecule has 0 aromatic heterocycles. The molecule has 0 bridgehead atoms. The lowest BCUT2D eigenvalue weighted by molar-refractivity contribution is 0.106. The van der Waals surface area contributed by atoms with Crippen molar-refractivity contribution >= 4 is 15.9 Å². The highest BCUT2D eigenvalue weighted by Crippen LogP contribution is 2.30. The van der Waals surface area contributed by atoms with E-state index in [1.807, 2.05) is 6.07 Å². The van der Waals surface area contributed by atoms with E-state index in [1.54, 1.807) is 6.07 Å². The van der Waals surface area contributed by atoms with Gasteiger partial charge in [0.25, 0.3) is 0 Å². The van der Waals surface area contributed by atoms with E-state index in [-0.39, 0.29) is 11.9 Å². The van der Waals surface area contributed by atoms with Crippen LogP contribution in [-0.2, 0) is 0 Å². The fourth-order valence-electron chi connectivity index (χ4n) is 2.80. The number of nitrogens with zero attached hydrogens (tertiary/aromatic N) is 1. The zero-order valence-corrected chi connectivity index (χ0v) is 12.3. The van der Waals surface area contributed by atoms with Crippen molar-refractivity contribution in [2.75, 3.05) is 13.1 Å². The molecule has 1 aromatic rings. The number of hydrogen-bond acceptors (Lipinski definition) is 2. The van der Waals surface area contributed by atoms with Crippen LogP contribution in [0.5, 0.6) is 0 Å². The molecule has 2 unspecified atom stereocenters. The topological polar surface area (TPSA) is 29.3 Å². The van der Waals surface area contributed by atoms with E-state index in [0.717, 1.165) is 23.0 Å². The highest BCUT2D eigenvalue weighted by Gasteiger charge is 2.27. The Morgan fingerprint density at radius 2 is 2.28 bits per heavy atom. The van der Waals surface area contributed by atoms with Crippen LogP contribution < -0.4 is 5.73 Å². The van der Waals surface area contributed by atoms with Gasteiger partial charge in [0.2, 0.25) is 0 Å². The Bertz CT molecular complexity index is 411. The van der Waals surface area contributed by atoms with Gasteiger partial charge in [0, 0.05) is 28.7 Å². The molecule has 2 atom stereocenters. The van der Waals surface area contributed by atoms with Crippen LogP contribution in [0.1, 0.15) is 37.8 Å². The summed E-state index contributed by atoms with van der Waals surface area (Å²) in [6.07, 6.45) is 3.53. The van der Waals surface area contributed by atoms with Crippen LogP contribution in [0.2, 0.25) is 0 Å². The van der Waals surface area contributed by atoms with Gasteiger partial charge in [0.05, 0.1) is 0 Å². The molecule has 1 aliphatic rings. The molecule has 18 heavy (non-hydrogen) atoms. The molecular formula is C14H20BrFN2. The average molecular weight is 315 g/mol. The summed E-state index contributed by atoms with van der Waals surface area (Å²) in [7, 11) is 0. The Morgan fingerprint density at radius 3 is 3.00 bits per heavy atom. The van der Waals surface area contributed by atoms with E-state index in [2.05, 4.69) is 27.8 Å². The molecule has 1 saturated heterocycles. The molecule has 2 rings (SSSR count). The van der Waals surface area contributed by atoms with Gasteiger partial charge in [0.15, 0.2) is 0 Å². The fourth-order valence-corrected chi connectivity index (χ4v) is 3.18. The quantitative estimate of drug-likeness (QED) is 0.925. The number of benzene rings is 1. The standard InChI is InChI=1S/C14H20BrFN2/c1-10(13-8-11(15)5-6-14(13)16)18-7-3-2-4-12(18)9-17/h5-6,8,10,12H,2-4,7,9,17H2,1H3. The molecule has 0 radical (unpaired) electrons. The van der Waals surface area contributed by atoms with Gasteiger partial charge < -0.3 is 5.73 Å². The first-order valence-electron chi connectivity index (χ1n) is 6.54. The van der Waals surface area contributed by atoms with Gasteiger partial charge in [-0.05, 0) is 44.5 Å². The van der Waals surface area contributed by atoms with E-state index < -0.39 is 0 Å². The summed E-state index contributed by atoms with van der Waals surface area (Å²) in [5, 5.41) is 0. The summed E-state index contributed by atoms with van der Waals surface area (Å²) in [5.41, 5.74) is 6.59.